The molecule has 7 heteroatoms. The summed E-state index contributed by atoms with van der Waals surface area (Å²) in [6.07, 6.45) is 0. The van der Waals surface area contributed by atoms with Gasteiger partial charge >= 0.3 is 11.9 Å². The minimum Gasteiger partial charge on any atom is -0.478 e. The van der Waals surface area contributed by atoms with Crippen LogP contribution in [0.5, 0.6) is 5.75 Å². The Labute approximate surface area is 149 Å². The highest BCUT2D eigenvalue weighted by Crippen LogP contribution is 2.39. The van der Waals surface area contributed by atoms with Crippen molar-refractivity contribution < 1.29 is 29.3 Å². The molecular formula is C19H17NO6. The van der Waals surface area contributed by atoms with Crippen LogP contribution in [-0.2, 0) is 11.3 Å². The molecule has 2 N–H and O–H groups in total. The molecule has 0 saturated carbocycles. The molecule has 1 heterocycles. The van der Waals surface area contributed by atoms with Gasteiger partial charge in [0.2, 0.25) is 0 Å². The second-order valence-corrected chi connectivity index (χ2v) is 6.49. The number of ether oxygens (including phenoxy) is 1. The zero-order chi connectivity index (χ0) is 19.1. The summed E-state index contributed by atoms with van der Waals surface area (Å²) in [5.74, 6) is -2.02. The Balaban J connectivity index is 2.01. The van der Waals surface area contributed by atoms with Gasteiger partial charge in [0.05, 0.1) is 23.4 Å². The van der Waals surface area contributed by atoms with Gasteiger partial charge in [-0.1, -0.05) is 12.1 Å². The minimum atomic E-state index is -1.10. The molecule has 2 aromatic rings. The van der Waals surface area contributed by atoms with Crippen LogP contribution in [0.15, 0.2) is 42.5 Å². The molecule has 0 spiro atoms. The summed E-state index contributed by atoms with van der Waals surface area (Å²) in [5, 5.41) is 18.2. The average Bonchev–Trinajstić information content (AvgIpc) is 2.58. The van der Waals surface area contributed by atoms with Gasteiger partial charge in [-0.3, -0.25) is 4.79 Å². The van der Waals surface area contributed by atoms with E-state index in [9.17, 15) is 19.5 Å². The summed E-state index contributed by atoms with van der Waals surface area (Å²) in [4.78, 5) is 36.5. The molecule has 7 nitrogen and oxygen atoms in total. The van der Waals surface area contributed by atoms with Crippen LogP contribution in [0.3, 0.4) is 0 Å². The molecule has 2 aromatic carbocycles. The number of nitrogens with zero attached hydrogens (tertiary/aromatic N) is 1. The first-order chi connectivity index (χ1) is 12.2. The van der Waals surface area contributed by atoms with E-state index in [1.807, 2.05) is 0 Å². The van der Waals surface area contributed by atoms with Crippen LogP contribution in [0.25, 0.3) is 0 Å². The fraction of sp³-hybridized carbons (Fsp3) is 0.211. The third-order valence-corrected chi connectivity index (χ3v) is 4.16. The van der Waals surface area contributed by atoms with Crippen LogP contribution in [0.2, 0.25) is 0 Å². The topological polar surface area (TPSA) is 104 Å². The van der Waals surface area contributed by atoms with E-state index in [4.69, 9.17) is 9.84 Å². The van der Waals surface area contributed by atoms with Crippen molar-refractivity contribution in [2.75, 3.05) is 4.90 Å². The normalized spacial score (nSPS) is 15.2. The largest absolute Gasteiger partial charge is 0.478 e. The molecule has 0 radical (unpaired) electrons. The first-order valence-electron chi connectivity index (χ1n) is 7.89. The molecule has 0 aromatic heterocycles. The maximum absolute atomic E-state index is 12.8. The lowest BCUT2D eigenvalue weighted by Crippen LogP contribution is -2.52. The van der Waals surface area contributed by atoms with Crippen molar-refractivity contribution in [3.05, 3.63) is 59.2 Å². The molecule has 1 aliphatic heterocycles. The van der Waals surface area contributed by atoms with E-state index in [1.165, 1.54) is 35.2 Å². The van der Waals surface area contributed by atoms with Crippen LogP contribution >= 0.6 is 0 Å². The summed E-state index contributed by atoms with van der Waals surface area (Å²) in [6.45, 7) is 3.45. The number of amides is 1. The Bertz CT molecular complexity index is 901. The minimum absolute atomic E-state index is 0.0473. The van der Waals surface area contributed by atoms with Crippen LogP contribution in [0, 0.1) is 0 Å². The van der Waals surface area contributed by atoms with E-state index in [2.05, 4.69) is 0 Å². The molecule has 0 fully saturated rings. The predicted octanol–water partition coefficient (Wildman–Crippen LogP) is 2.79. The Morgan fingerprint density at radius 3 is 2.15 bits per heavy atom. The SMILES string of the molecule is CC1(C)Oc2ccc(C(=O)O)cc2N(Cc2ccc(C(=O)O)cc2)C1=O. The van der Waals surface area contributed by atoms with Gasteiger partial charge in [-0.25, -0.2) is 9.59 Å². The highest BCUT2D eigenvalue weighted by Gasteiger charge is 2.41. The number of carboxylic acid groups (broad SMARTS) is 2. The maximum Gasteiger partial charge on any atom is 0.335 e. The lowest BCUT2D eigenvalue weighted by Gasteiger charge is -2.39. The number of anilines is 1. The molecule has 26 heavy (non-hydrogen) atoms. The van der Waals surface area contributed by atoms with Crippen LogP contribution in [0.4, 0.5) is 5.69 Å². The molecule has 0 saturated heterocycles. The van der Waals surface area contributed by atoms with E-state index in [-0.39, 0.29) is 23.6 Å². The second kappa shape index (κ2) is 6.18. The van der Waals surface area contributed by atoms with E-state index in [1.54, 1.807) is 26.0 Å². The molecule has 3 rings (SSSR count). The number of carbonyl (C=O) groups excluding carboxylic acids is 1. The summed E-state index contributed by atoms with van der Waals surface area (Å²) in [7, 11) is 0. The molecule has 134 valence electrons. The highest BCUT2D eigenvalue weighted by atomic mass is 16.5. The summed E-state index contributed by atoms with van der Waals surface area (Å²) >= 11 is 0. The van der Waals surface area contributed by atoms with E-state index >= 15 is 0 Å². The second-order valence-electron chi connectivity index (χ2n) is 6.49. The first-order valence-corrected chi connectivity index (χ1v) is 7.89. The van der Waals surface area contributed by atoms with Crippen molar-refractivity contribution >= 4 is 23.5 Å². The van der Waals surface area contributed by atoms with Gasteiger partial charge in [-0.05, 0) is 49.7 Å². The fourth-order valence-corrected chi connectivity index (χ4v) is 2.79. The number of benzene rings is 2. The number of hydrogen-bond donors (Lipinski definition) is 2. The van der Waals surface area contributed by atoms with Gasteiger partial charge < -0.3 is 19.8 Å². The number of carboxylic acids is 2. The van der Waals surface area contributed by atoms with Crippen molar-refractivity contribution in [3.63, 3.8) is 0 Å². The van der Waals surface area contributed by atoms with Crippen molar-refractivity contribution in [1.82, 2.24) is 0 Å². The molecule has 1 amide bonds. The summed E-state index contributed by atoms with van der Waals surface area (Å²) in [6, 6.07) is 10.5. The Kier molecular flexibility index (Phi) is 4.15. The van der Waals surface area contributed by atoms with Crippen LogP contribution < -0.4 is 9.64 Å². The maximum atomic E-state index is 12.8. The van der Waals surface area contributed by atoms with Gasteiger partial charge in [0, 0.05) is 0 Å². The molecule has 1 aliphatic rings. The molecule has 0 unspecified atom stereocenters. The number of fused-ring (bicyclic) bond motifs is 1. The zero-order valence-corrected chi connectivity index (χ0v) is 14.2. The van der Waals surface area contributed by atoms with Gasteiger partial charge in [0.25, 0.3) is 5.91 Å². The first kappa shape index (κ1) is 17.5. The van der Waals surface area contributed by atoms with Crippen molar-refractivity contribution in [2.24, 2.45) is 0 Å². The number of aromatic carboxylic acids is 2. The molecule has 0 aliphatic carbocycles. The summed E-state index contributed by atoms with van der Waals surface area (Å²) < 4.78 is 5.72. The van der Waals surface area contributed by atoms with E-state index in [0.717, 1.165) is 0 Å². The van der Waals surface area contributed by atoms with Gasteiger partial charge in [-0.2, -0.15) is 0 Å². The van der Waals surface area contributed by atoms with Gasteiger partial charge in [0.15, 0.2) is 5.60 Å². The third kappa shape index (κ3) is 3.11. The quantitative estimate of drug-likeness (QED) is 0.874. The lowest BCUT2D eigenvalue weighted by atomic mass is 10.0. The van der Waals surface area contributed by atoms with Gasteiger partial charge in [-0.15, -0.1) is 0 Å². The van der Waals surface area contributed by atoms with Crippen molar-refractivity contribution in [2.45, 2.75) is 26.0 Å². The number of hydrogen-bond acceptors (Lipinski definition) is 4. The Morgan fingerprint density at radius 2 is 1.58 bits per heavy atom. The van der Waals surface area contributed by atoms with E-state index in [0.29, 0.717) is 17.0 Å². The fourth-order valence-electron chi connectivity index (χ4n) is 2.79. The Hall–Kier alpha value is -3.35. The third-order valence-electron chi connectivity index (χ3n) is 4.16. The monoisotopic (exact) mass is 355 g/mol. The molecular weight excluding hydrogens is 338 g/mol. The molecule has 0 bridgehead atoms. The van der Waals surface area contributed by atoms with E-state index < -0.39 is 17.5 Å². The number of rotatable bonds is 4. The average molecular weight is 355 g/mol. The molecule has 0 atom stereocenters. The van der Waals surface area contributed by atoms with Gasteiger partial charge in [0.1, 0.15) is 5.75 Å². The number of carbonyl (C=O) groups is 3. The smallest absolute Gasteiger partial charge is 0.335 e. The zero-order valence-electron chi connectivity index (χ0n) is 14.2. The van der Waals surface area contributed by atoms with Crippen LogP contribution in [-0.4, -0.2) is 33.7 Å². The standard InChI is InChI=1S/C19H17NO6/c1-19(2)18(25)20(10-11-3-5-12(6-4-11)16(21)22)14-9-13(17(23)24)7-8-15(14)26-19/h3-9H,10H2,1-2H3,(H,21,22)(H,23,24). The van der Waals surface area contributed by atoms with Crippen LogP contribution in [0.1, 0.15) is 40.1 Å². The highest BCUT2D eigenvalue weighted by molar-refractivity contribution is 6.03. The lowest BCUT2D eigenvalue weighted by molar-refractivity contribution is -0.132. The van der Waals surface area contributed by atoms with Crippen molar-refractivity contribution in [1.29, 1.82) is 0 Å². The Morgan fingerprint density at radius 1 is 1.00 bits per heavy atom. The summed E-state index contributed by atoms with van der Waals surface area (Å²) in [5.41, 5.74) is 0.185. The predicted molar refractivity (Wildman–Crippen MR) is 92.7 cm³/mol. The van der Waals surface area contributed by atoms with Crippen molar-refractivity contribution in [3.8, 4) is 5.75 Å².